The normalized spacial score (nSPS) is 27.5. The molecule has 15 heavy (non-hydrogen) atoms. The van der Waals surface area contributed by atoms with E-state index in [9.17, 15) is 18.0 Å². The van der Waals surface area contributed by atoms with Gasteiger partial charge in [0.25, 0.3) is 0 Å². The third-order valence-corrected chi connectivity index (χ3v) is 2.82. The molecule has 0 aromatic heterocycles. The van der Waals surface area contributed by atoms with Gasteiger partial charge in [0.05, 0.1) is 5.92 Å². The second-order valence-electron chi connectivity index (χ2n) is 4.02. The Kier molecular flexibility index (Phi) is 3.99. The van der Waals surface area contributed by atoms with Crippen LogP contribution in [0, 0.1) is 5.92 Å². The molecule has 1 aliphatic carbocycles. The molecule has 0 aromatic carbocycles. The van der Waals surface area contributed by atoms with Crippen LogP contribution in [0.4, 0.5) is 13.2 Å². The number of amides is 1. The zero-order valence-corrected chi connectivity index (χ0v) is 8.73. The predicted molar refractivity (Wildman–Crippen MR) is 50.2 cm³/mol. The Bertz CT molecular complexity index is 227. The molecule has 1 N–H and O–H groups in total. The summed E-state index contributed by atoms with van der Waals surface area (Å²) in [6, 6.07) is -0.294. The van der Waals surface area contributed by atoms with Crippen LogP contribution in [-0.2, 0) is 4.79 Å². The molecule has 1 fully saturated rings. The minimum absolute atomic E-state index is 0.0369. The third-order valence-electron chi connectivity index (χ3n) is 2.82. The van der Waals surface area contributed by atoms with Gasteiger partial charge in [-0.2, -0.15) is 13.2 Å². The SMILES string of the molecule is CCC(=O)N[C@H]1CCC[C@H](C(F)(F)F)C1. The van der Waals surface area contributed by atoms with Crippen LogP contribution in [0.1, 0.15) is 39.0 Å². The molecule has 0 saturated heterocycles. The summed E-state index contributed by atoms with van der Waals surface area (Å²) >= 11 is 0. The lowest BCUT2D eigenvalue weighted by Gasteiger charge is -2.30. The fourth-order valence-corrected chi connectivity index (χ4v) is 1.95. The van der Waals surface area contributed by atoms with E-state index in [0.717, 1.165) is 0 Å². The van der Waals surface area contributed by atoms with E-state index in [4.69, 9.17) is 0 Å². The molecule has 1 amide bonds. The molecule has 0 unspecified atom stereocenters. The van der Waals surface area contributed by atoms with Crippen molar-refractivity contribution in [3.8, 4) is 0 Å². The molecule has 5 heteroatoms. The van der Waals surface area contributed by atoms with Crippen LogP contribution in [0.3, 0.4) is 0 Å². The average Bonchev–Trinajstić information content (AvgIpc) is 2.17. The Hall–Kier alpha value is -0.740. The fourth-order valence-electron chi connectivity index (χ4n) is 1.95. The molecule has 1 saturated carbocycles. The maximum atomic E-state index is 12.4. The maximum Gasteiger partial charge on any atom is 0.391 e. The van der Waals surface area contributed by atoms with Crippen LogP contribution in [0.2, 0.25) is 0 Å². The van der Waals surface area contributed by atoms with Crippen molar-refractivity contribution in [1.29, 1.82) is 0 Å². The van der Waals surface area contributed by atoms with Crippen LogP contribution in [0.25, 0.3) is 0 Å². The van der Waals surface area contributed by atoms with E-state index in [-0.39, 0.29) is 24.8 Å². The maximum absolute atomic E-state index is 12.4. The highest BCUT2D eigenvalue weighted by Crippen LogP contribution is 2.37. The van der Waals surface area contributed by atoms with Gasteiger partial charge in [0.15, 0.2) is 0 Å². The predicted octanol–water partition coefficient (Wildman–Crippen LogP) is 2.63. The number of hydrogen-bond donors (Lipinski definition) is 1. The van der Waals surface area contributed by atoms with Crippen molar-refractivity contribution in [3.05, 3.63) is 0 Å². The molecule has 0 heterocycles. The van der Waals surface area contributed by atoms with Crippen molar-refractivity contribution in [3.63, 3.8) is 0 Å². The van der Waals surface area contributed by atoms with Gasteiger partial charge in [-0.3, -0.25) is 4.79 Å². The zero-order chi connectivity index (χ0) is 11.5. The Morgan fingerprint density at radius 1 is 1.40 bits per heavy atom. The van der Waals surface area contributed by atoms with E-state index < -0.39 is 12.1 Å². The largest absolute Gasteiger partial charge is 0.391 e. The van der Waals surface area contributed by atoms with Crippen LogP contribution >= 0.6 is 0 Å². The Morgan fingerprint density at radius 3 is 2.60 bits per heavy atom. The van der Waals surface area contributed by atoms with E-state index in [1.165, 1.54) is 0 Å². The molecule has 0 spiro atoms. The Morgan fingerprint density at radius 2 is 2.07 bits per heavy atom. The highest BCUT2D eigenvalue weighted by Gasteiger charge is 2.42. The van der Waals surface area contributed by atoms with Crippen molar-refractivity contribution < 1.29 is 18.0 Å². The summed E-state index contributed by atoms with van der Waals surface area (Å²) in [6.45, 7) is 1.69. The van der Waals surface area contributed by atoms with Gasteiger partial charge < -0.3 is 5.32 Å². The quantitative estimate of drug-likeness (QED) is 0.766. The summed E-state index contributed by atoms with van der Waals surface area (Å²) in [5.41, 5.74) is 0. The monoisotopic (exact) mass is 223 g/mol. The first-order chi connectivity index (χ1) is 6.93. The molecular weight excluding hydrogens is 207 g/mol. The van der Waals surface area contributed by atoms with Crippen LogP contribution < -0.4 is 5.32 Å². The van der Waals surface area contributed by atoms with Gasteiger partial charge >= 0.3 is 6.18 Å². The van der Waals surface area contributed by atoms with Crippen molar-refractivity contribution >= 4 is 5.91 Å². The van der Waals surface area contributed by atoms with Gasteiger partial charge in [-0.15, -0.1) is 0 Å². The van der Waals surface area contributed by atoms with Crippen LogP contribution in [-0.4, -0.2) is 18.1 Å². The number of nitrogens with one attached hydrogen (secondary N) is 1. The van der Waals surface area contributed by atoms with Gasteiger partial charge in [-0.05, 0) is 19.3 Å². The molecule has 0 radical (unpaired) electrons. The fraction of sp³-hybridized carbons (Fsp3) is 0.900. The summed E-state index contributed by atoms with van der Waals surface area (Å²) in [6.07, 6.45) is -2.35. The lowest BCUT2D eigenvalue weighted by molar-refractivity contribution is -0.184. The molecule has 2 nitrogen and oxygen atoms in total. The summed E-state index contributed by atoms with van der Waals surface area (Å²) in [5.74, 6) is -1.41. The first-order valence-corrected chi connectivity index (χ1v) is 5.29. The van der Waals surface area contributed by atoms with Gasteiger partial charge in [0.1, 0.15) is 0 Å². The van der Waals surface area contributed by atoms with Gasteiger partial charge in [-0.1, -0.05) is 13.3 Å². The molecule has 1 aliphatic rings. The van der Waals surface area contributed by atoms with E-state index in [1.807, 2.05) is 0 Å². The number of carbonyl (C=O) groups excluding carboxylic acids is 1. The van der Waals surface area contributed by atoms with Crippen molar-refractivity contribution in [1.82, 2.24) is 5.32 Å². The second-order valence-corrected chi connectivity index (χ2v) is 4.02. The molecule has 0 aromatic rings. The van der Waals surface area contributed by atoms with Crippen LogP contribution in [0.5, 0.6) is 0 Å². The van der Waals surface area contributed by atoms with E-state index in [2.05, 4.69) is 5.32 Å². The van der Waals surface area contributed by atoms with Gasteiger partial charge in [0, 0.05) is 12.5 Å². The number of hydrogen-bond acceptors (Lipinski definition) is 1. The summed E-state index contributed by atoms with van der Waals surface area (Å²) < 4.78 is 37.3. The molecule has 88 valence electrons. The Labute approximate surface area is 87.2 Å². The minimum atomic E-state index is -4.12. The summed E-state index contributed by atoms with van der Waals surface area (Å²) in [4.78, 5) is 11.0. The van der Waals surface area contributed by atoms with E-state index in [0.29, 0.717) is 19.3 Å². The number of carbonyl (C=O) groups is 1. The average molecular weight is 223 g/mol. The highest BCUT2D eigenvalue weighted by molar-refractivity contribution is 5.75. The van der Waals surface area contributed by atoms with Crippen molar-refractivity contribution in [2.75, 3.05) is 0 Å². The lowest BCUT2D eigenvalue weighted by atomic mass is 9.85. The van der Waals surface area contributed by atoms with Gasteiger partial charge in [0.2, 0.25) is 5.91 Å². The standard InChI is InChI=1S/C10H16F3NO/c1-2-9(15)14-8-5-3-4-7(6-8)10(11,12)13/h7-8H,2-6H2,1H3,(H,14,15)/t7-,8-/m0/s1. The van der Waals surface area contributed by atoms with Crippen molar-refractivity contribution in [2.45, 2.75) is 51.2 Å². The molecule has 0 aliphatic heterocycles. The minimum Gasteiger partial charge on any atom is -0.353 e. The zero-order valence-electron chi connectivity index (χ0n) is 8.73. The topological polar surface area (TPSA) is 29.1 Å². The first-order valence-electron chi connectivity index (χ1n) is 5.29. The van der Waals surface area contributed by atoms with Gasteiger partial charge in [-0.25, -0.2) is 0 Å². The molecular formula is C10H16F3NO. The molecule has 0 bridgehead atoms. The van der Waals surface area contributed by atoms with E-state index in [1.54, 1.807) is 6.92 Å². The highest BCUT2D eigenvalue weighted by atomic mass is 19.4. The number of rotatable bonds is 2. The summed E-state index contributed by atoms with van der Waals surface area (Å²) in [5, 5.41) is 2.63. The molecule has 1 rings (SSSR count). The number of alkyl halides is 3. The first kappa shape index (κ1) is 12.3. The smallest absolute Gasteiger partial charge is 0.353 e. The summed E-state index contributed by atoms with van der Waals surface area (Å²) in [7, 11) is 0. The lowest BCUT2D eigenvalue weighted by Crippen LogP contribution is -2.41. The van der Waals surface area contributed by atoms with Crippen LogP contribution in [0.15, 0.2) is 0 Å². The Balaban J connectivity index is 2.46. The van der Waals surface area contributed by atoms with Crippen molar-refractivity contribution in [2.24, 2.45) is 5.92 Å². The van der Waals surface area contributed by atoms with E-state index >= 15 is 0 Å². The second kappa shape index (κ2) is 4.86. The number of halogens is 3. The molecule has 2 atom stereocenters. The third kappa shape index (κ3) is 3.72.